The summed E-state index contributed by atoms with van der Waals surface area (Å²) in [6, 6.07) is 11.5. The monoisotopic (exact) mass is 243 g/mol. The molecule has 3 heteroatoms. The lowest BCUT2D eigenvalue weighted by molar-refractivity contribution is 0.0988. The number of ketones is 1. The third-order valence-electron chi connectivity index (χ3n) is 2.88. The van der Waals surface area contributed by atoms with Crippen LogP contribution in [-0.2, 0) is 0 Å². The summed E-state index contributed by atoms with van der Waals surface area (Å²) in [5.74, 6) is 1.06. The molecule has 0 aliphatic heterocycles. The molecule has 1 N–H and O–H groups in total. The molecule has 2 rings (SSSR count). The van der Waals surface area contributed by atoms with Gasteiger partial charge in [0.05, 0.1) is 12.3 Å². The SMILES string of the molecule is CCC(=O)c1ccc(NC(C)c2ccco2)cc1. The highest BCUT2D eigenvalue weighted by Gasteiger charge is 2.08. The smallest absolute Gasteiger partial charge is 0.162 e. The van der Waals surface area contributed by atoms with Crippen LogP contribution >= 0.6 is 0 Å². The lowest BCUT2D eigenvalue weighted by Gasteiger charge is -2.13. The van der Waals surface area contributed by atoms with Crippen LogP contribution in [-0.4, -0.2) is 5.78 Å². The van der Waals surface area contributed by atoms with Crippen LogP contribution < -0.4 is 5.32 Å². The zero-order valence-electron chi connectivity index (χ0n) is 10.6. The van der Waals surface area contributed by atoms with E-state index < -0.39 is 0 Å². The molecule has 0 aliphatic carbocycles. The number of anilines is 1. The summed E-state index contributed by atoms with van der Waals surface area (Å²) < 4.78 is 5.33. The first kappa shape index (κ1) is 12.4. The lowest BCUT2D eigenvalue weighted by atomic mass is 10.1. The fourth-order valence-electron chi connectivity index (χ4n) is 1.82. The van der Waals surface area contributed by atoms with Gasteiger partial charge in [0, 0.05) is 17.7 Å². The maximum absolute atomic E-state index is 11.5. The summed E-state index contributed by atoms with van der Waals surface area (Å²) in [6.45, 7) is 3.90. The van der Waals surface area contributed by atoms with Crippen molar-refractivity contribution in [3.63, 3.8) is 0 Å². The number of carbonyl (C=O) groups is 1. The highest BCUT2D eigenvalue weighted by molar-refractivity contribution is 5.96. The summed E-state index contributed by atoms with van der Waals surface area (Å²) in [5, 5.41) is 3.32. The predicted octanol–water partition coefficient (Wildman–Crippen LogP) is 4.05. The zero-order chi connectivity index (χ0) is 13.0. The Labute approximate surface area is 107 Å². The average molecular weight is 243 g/mol. The Morgan fingerprint density at radius 1 is 1.28 bits per heavy atom. The Morgan fingerprint density at radius 3 is 2.56 bits per heavy atom. The van der Waals surface area contributed by atoms with Gasteiger partial charge in [0.25, 0.3) is 0 Å². The Balaban J connectivity index is 2.04. The number of Topliss-reactive ketones (excluding diaryl/α,β-unsaturated/α-hetero) is 1. The number of carbonyl (C=O) groups excluding carboxylic acids is 1. The number of hydrogen-bond acceptors (Lipinski definition) is 3. The molecule has 0 radical (unpaired) electrons. The number of rotatable bonds is 5. The van der Waals surface area contributed by atoms with E-state index in [1.807, 2.05) is 50.2 Å². The van der Waals surface area contributed by atoms with Gasteiger partial charge in [-0.15, -0.1) is 0 Å². The van der Waals surface area contributed by atoms with E-state index in [0.717, 1.165) is 17.0 Å². The predicted molar refractivity (Wildman–Crippen MR) is 71.8 cm³/mol. The maximum atomic E-state index is 11.5. The first-order valence-electron chi connectivity index (χ1n) is 6.14. The van der Waals surface area contributed by atoms with Gasteiger partial charge < -0.3 is 9.73 Å². The Morgan fingerprint density at radius 2 is 2.00 bits per heavy atom. The minimum absolute atomic E-state index is 0.104. The first-order chi connectivity index (χ1) is 8.70. The summed E-state index contributed by atoms with van der Waals surface area (Å²) >= 11 is 0. The lowest BCUT2D eigenvalue weighted by Crippen LogP contribution is -2.05. The number of nitrogens with one attached hydrogen (secondary N) is 1. The molecule has 0 saturated heterocycles. The second kappa shape index (κ2) is 5.54. The zero-order valence-corrected chi connectivity index (χ0v) is 10.6. The van der Waals surface area contributed by atoms with E-state index in [-0.39, 0.29) is 11.8 Å². The number of furan rings is 1. The van der Waals surface area contributed by atoms with Crippen molar-refractivity contribution in [1.29, 1.82) is 0 Å². The first-order valence-corrected chi connectivity index (χ1v) is 6.14. The molecule has 1 atom stereocenters. The molecule has 0 fully saturated rings. The van der Waals surface area contributed by atoms with Gasteiger partial charge >= 0.3 is 0 Å². The standard InChI is InChI=1S/C15H17NO2/c1-3-14(17)12-6-8-13(9-7-12)16-11(2)15-5-4-10-18-15/h4-11,16H,3H2,1-2H3. The van der Waals surface area contributed by atoms with Crippen LogP contribution in [0.2, 0.25) is 0 Å². The van der Waals surface area contributed by atoms with Crippen LogP contribution in [0.5, 0.6) is 0 Å². The van der Waals surface area contributed by atoms with Crippen molar-refractivity contribution < 1.29 is 9.21 Å². The quantitative estimate of drug-likeness (QED) is 0.806. The maximum Gasteiger partial charge on any atom is 0.162 e. The molecule has 0 aliphatic rings. The molecular weight excluding hydrogens is 226 g/mol. The normalized spacial score (nSPS) is 12.1. The third kappa shape index (κ3) is 2.80. The van der Waals surface area contributed by atoms with E-state index in [9.17, 15) is 4.79 Å². The van der Waals surface area contributed by atoms with E-state index in [4.69, 9.17) is 4.42 Å². The Bertz CT molecular complexity index is 500. The van der Waals surface area contributed by atoms with Crippen LogP contribution in [0.1, 0.15) is 42.4 Å². The van der Waals surface area contributed by atoms with Crippen molar-refractivity contribution >= 4 is 11.5 Å². The van der Waals surface area contributed by atoms with Gasteiger partial charge in [0.15, 0.2) is 5.78 Å². The minimum Gasteiger partial charge on any atom is -0.467 e. The van der Waals surface area contributed by atoms with Gasteiger partial charge in [-0.25, -0.2) is 0 Å². The van der Waals surface area contributed by atoms with E-state index in [0.29, 0.717) is 6.42 Å². The molecular formula is C15H17NO2. The summed E-state index contributed by atoms with van der Waals surface area (Å²) in [7, 11) is 0. The van der Waals surface area contributed by atoms with Gasteiger partial charge in [0.2, 0.25) is 0 Å². The largest absolute Gasteiger partial charge is 0.467 e. The van der Waals surface area contributed by atoms with Crippen LogP contribution in [0, 0.1) is 0 Å². The van der Waals surface area contributed by atoms with E-state index in [1.165, 1.54) is 0 Å². The van der Waals surface area contributed by atoms with Gasteiger partial charge in [-0.2, -0.15) is 0 Å². The topological polar surface area (TPSA) is 42.2 Å². The highest BCUT2D eigenvalue weighted by Crippen LogP contribution is 2.20. The van der Waals surface area contributed by atoms with Crippen molar-refractivity contribution in [2.75, 3.05) is 5.32 Å². The Kier molecular flexibility index (Phi) is 3.82. The molecule has 94 valence electrons. The van der Waals surface area contributed by atoms with E-state index in [1.54, 1.807) is 6.26 Å². The Hall–Kier alpha value is -2.03. The minimum atomic E-state index is 0.104. The van der Waals surface area contributed by atoms with Gasteiger partial charge in [-0.05, 0) is 43.3 Å². The van der Waals surface area contributed by atoms with Crippen molar-refractivity contribution in [1.82, 2.24) is 0 Å². The highest BCUT2D eigenvalue weighted by atomic mass is 16.3. The van der Waals surface area contributed by atoms with Crippen molar-refractivity contribution in [2.45, 2.75) is 26.3 Å². The molecule has 0 spiro atoms. The summed E-state index contributed by atoms with van der Waals surface area (Å²) in [6.07, 6.45) is 2.20. The average Bonchev–Trinajstić information content (AvgIpc) is 2.92. The molecule has 1 heterocycles. The number of hydrogen-bond donors (Lipinski definition) is 1. The van der Waals surface area contributed by atoms with Crippen molar-refractivity contribution in [2.24, 2.45) is 0 Å². The van der Waals surface area contributed by atoms with Gasteiger partial charge in [-0.1, -0.05) is 6.92 Å². The molecule has 0 amide bonds. The van der Waals surface area contributed by atoms with Crippen LogP contribution in [0.4, 0.5) is 5.69 Å². The fraction of sp³-hybridized carbons (Fsp3) is 0.267. The fourth-order valence-corrected chi connectivity index (χ4v) is 1.82. The molecule has 1 aromatic carbocycles. The van der Waals surface area contributed by atoms with Crippen LogP contribution in [0.3, 0.4) is 0 Å². The molecule has 1 aromatic heterocycles. The molecule has 2 aromatic rings. The second-order valence-corrected chi connectivity index (χ2v) is 4.24. The molecule has 1 unspecified atom stereocenters. The third-order valence-corrected chi connectivity index (χ3v) is 2.88. The van der Waals surface area contributed by atoms with Crippen LogP contribution in [0.25, 0.3) is 0 Å². The number of benzene rings is 1. The van der Waals surface area contributed by atoms with E-state index in [2.05, 4.69) is 5.32 Å². The van der Waals surface area contributed by atoms with Gasteiger partial charge in [0.1, 0.15) is 5.76 Å². The molecule has 0 bridgehead atoms. The van der Waals surface area contributed by atoms with E-state index >= 15 is 0 Å². The second-order valence-electron chi connectivity index (χ2n) is 4.24. The molecule has 18 heavy (non-hydrogen) atoms. The molecule has 3 nitrogen and oxygen atoms in total. The van der Waals surface area contributed by atoms with Gasteiger partial charge in [-0.3, -0.25) is 4.79 Å². The summed E-state index contributed by atoms with van der Waals surface area (Å²) in [5.41, 5.74) is 1.74. The van der Waals surface area contributed by atoms with Crippen molar-refractivity contribution in [3.8, 4) is 0 Å². The summed E-state index contributed by atoms with van der Waals surface area (Å²) in [4.78, 5) is 11.5. The van der Waals surface area contributed by atoms with Crippen LogP contribution in [0.15, 0.2) is 47.1 Å². The molecule has 0 saturated carbocycles. The van der Waals surface area contributed by atoms with Crippen molar-refractivity contribution in [3.05, 3.63) is 54.0 Å².